The Labute approximate surface area is 109 Å². The van der Waals surface area contributed by atoms with Gasteiger partial charge in [0.1, 0.15) is 5.75 Å². The van der Waals surface area contributed by atoms with Gasteiger partial charge in [-0.3, -0.25) is 9.59 Å². The molecule has 1 aliphatic rings. The van der Waals surface area contributed by atoms with E-state index in [9.17, 15) is 9.59 Å². The van der Waals surface area contributed by atoms with E-state index in [0.717, 1.165) is 5.56 Å². The minimum Gasteiger partial charge on any atom is -0.479 e. The SMILES string of the molecule is CC1Oc2ccc(CCNC(=O)Cl)cc2NC1=O. The van der Waals surface area contributed by atoms with Gasteiger partial charge in [-0.15, -0.1) is 0 Å². The lowest BCUT2D eigenvalue weighted by Crippen LogP contribution is -2.34. The maximum absolute atomic E-state index is 11.5. The van der Waals surface area contributed by atoms with Gasteiger partial charge in [-0.1, -0.05) is 6.07 Å². The zero-order valence-electron chi connectivity index (χ0n) is 9.83. The number of carbonyl (C=O) groups excluding carboxylic acids is 2. The van der Waals surface area contributed by atoms with Crippen molar-refractivity contribution in [2.24, 2.45) is 0 Å². The van der Waals surface area contributed by atoms with Crippen LogP contribution in [0.25, 0.3) is 0 Å². The van der Waals surface area contributed by atoms with Crippen molar-refractivity contribution in [3.63, 3.8) is 0 Å². The van der Waals surface area contributed by atoms with Crippen LogP contribution < -0.4 is 15.4 Å². The highest BCUT2D eigenvalue weighted by Gasteiger charge is 2.23. The van der Waals surface area contributed by atoms with E-state index in [1.54, 1.807) is 6.92 Å². The molecule has 2 rings (SSSR count). The Morgan fingerprint density at radius 3 is 3.06 bits per heavy atom. The van der Waals surface area contributed by atoms with Crippen LogP contribution in [0, 0.1) is 0 Å². The molecule has 1 heterocycles. The number of carbonyl (C=O) groups is 2. The molecule has 0 spiro atoms. The standard InChI is InChI=1S/C12H13ClN2O3/c1-7-11(16)15-9-6-8(2-3-10(9)18-7)4-5-14-12(13)17/h2-3,6-7H,4-5H2,1H3,(H,14,17)(H,15,16). The summed E-state index contributed by atoms with van der Waals surface area (Å²) in [6.07, 6.45) is 0.163. The number of anilines is 1. The fourth-order valence-corrected chi connectivity index (χ4v) is 1.81. The minimum absolute atomic E-state index is 0.159. The van der Waals surface area contributed by atoms with Crippen molar-refractivity contribution in [1.82, 2.24) is 5.32 Å². The van der Waals surface area contributed by atoms with Crippen molar-refractivity contribution in [2.75, 3.05) is 11.9 Å². The molecule has 0 aromatic heterocycles. The molecule has 1 aliphatic heterocycles. The molecule has 6 heteroatoms. The lowest BCUT2D eigenvalue weighted by Gasteiger charge is -2.23. The second-order valence-corrected chi connectivity index (χ2v) is 4.37. The predicted octanol–water partition coefficient (Wildman–Crippen LogP) is 1.90. The van der Waals surface area contributed by atoms with E-state index in [2.05, 4.69) is 10.6 Å². The van der Waals surface area contributed by atoms with Crippen molar-refractivity contribution in [2.45, 2.75) is 19.4 Å². The van der Waals surface area contributed by atoms with Crippen LogP contribution in [0.15, 0.2) is 18.2 Å². The van der Waals surface area contributed by atoms with Gasteiger partial charge in [-0.2, -0.15) is 0 Å². The highest BCUT2D eigenvalue weighted by molar-refractivity contribution is 6.62. The first-order valence-electron chi connectivity index (χ1n) is 5.60. The Morgan fingerprint density at radius 1 is 1.56 bits per heavy atom. The predicted molar refractivity (Wildman–Crippen MR) is 68.1 cm³/mol. The molecule has 0 fully saturated rings. The van der Waals surface area contributed by atoms with Crippen LogP contribution in [0.2, 0.25) is 0 Å². The smallest absolute Gasteiger partial charge is 0.313 e. The van der Waals surface area contributed by atoms with Crippen LogP contribution >= 0.6 is 11.6 Å². The van der Waals surface area contributed by atoms with Crippen molar-refractivity contribution in [3.05, 3.63) is 23.8 Å². The summed E-state index contributed by atoms with van der Waals surface area (Å²) in [5, 5.41) is 4.70. The molecule has 0 saturated heterocycles. The minimum atomic E-state index is -0.571. The molecule has 0 bridgehead atoms. The van der Waals surface area contributed by atoms with Gasteiger partial charge < -0.3 is 15.4 Å². The van der Waals surface area contributed by atoms with E-state index in [0.29, 0.717) is 24.4 Å². The summed E-state index contributed by atoms with van der Waals surface area (Å²) in [6, 6.07) is 5.53. The van der Waals surface area contributed by atoms with Gasteiger partial charge in [-0.25, -0.2) is 0 Å². The quantitative estimate of drug-likeness (QED) is 0.650. The first kappa shape index (κ1) is 12.7. The molecule has 0 saturated carbocycles. The number of nitrogens with one attached hydrogen (secondary N) is 2. The van der Waals surface area contributed by atoms with Crippen LogP contribution in [0.3, 0.4) is 0 Å². The summed E-state index contributed by atoms with van der Waals surface area (Å²) in [7, 11) is 0. The summed E-state index contributed by atoms with van der Waals surface area (Å²) >= 11 is 5.17. The second-order valence-electron chi connectivity index (χ2n) is 4.03. The van der Waals surface area contributed by atoms with E-state index in [-0.39, 0.29) is 5.91 Å². The zero-order chi connectivity index (χ0) is 13.1. The first-order valence-corrected chi connectivity index (χ1v) is 5.98. The number of hydrogen-bond donors (Lipinski definition) is 2. The number of rotatable bonds is 3. The molecule has 0 aliphatic carbocycles. The van der Waals surface area contributed by atoms with Crippen molar-refractivity contribution < 1.29 is 14.3 Å². The van der Waals surface area contributed by atoms with Crippen LogP contribution in [0.1, 0.15) is 12.5 Å². The van der Waals surface area contributed by atoms with Crippen LogP contribution in [0.4, 0.5) is 10.5 Å². The van der Waals surface area contributed by atoms with Gasteiger partial charge in [-0.05, 0) is 42.6 Å². The normalized spacial score (nSPS) is 17.4. The largest absolute Gasteiger partial charge is 0.479 e. The molecule has 1 aromatic rings. The van der Waals surface area contributed by atoms with Crippen LogP contribution in [-0.4, -0.2) is 23.9 Å². The Morgan fingerprint density at radius 2 is 2.33 bits per heavy atom. The summed E-state index contributed by atoms with van der Waals surface area (Å²) < 4.78 is 5.44. The summed E-state index contributed by atoms with van der Waals surface area (Å²) in [5.74, 6) is 0.501. The first-order chi connectivity index (χ1) is 8.56. The summed E-state index contributed by atoms with van der Waals surface area (Å²) in [6.45, 7) is 2.15. The summed E-state index contributed by atoms with van der Waals surface area (Å²) in [4.78, 5) is 22.0. The molecule has 96 valence electrons. The number of hydrogen-bond acceptors (Lipinski definition) is 3. The molecule has 1 unspecified atom stereocenters. The number of fused-ring (bicyclic) bond motifs is 1. The fourth-order valence-electron chi connectivity index (χ4n) is 1.72. The molecular formula is C12H13ClN2O3. The zero-order valence-corrected chi connectivity index (χ0v) is 10.6. The van der Waals surface area contributed by atoms with Gasteiger partial charge in [0.2, 0.25) is 0 Å². The third-order valence-corrected chi connectivity index (χ3v) is 2.79. The van der Waals surface area contributed by atoms with Gasteiger partial charge >= 0.3 is 5.37 Å². The highest BCUT2D eigenvalue weighted by atomic mass is 35.5. The van der Waals surface area contributed by atoms with E-state index < -0.39 is 11.5 Å². The Bertz CT molecular complexity index is 490. The topological polar surface area (TPSA) is 67.4 Å². The lowest BCUT2D eigenvalue weighted by molar-refractivity contribution is -0.122. The third-order valence-electron chi connectivity index (χ3n) is 2.65. The molecule has 1 aromatic carbocycles. The lowest BCUT2D eigenvalue weighted by atomic mass is 10.1. The molecule has 2 amide bonds. The van der Waals surface area contributed by atoms with E-state index in [1.165, 1.54) is 0 Å². The molecule has 5 nitrogen and oxygen atoms in total. The molecule has 2 N–H and O–H groups in total. The van der Waals surface area contributed by atoms with Gasteiger partial charge in [0.15, 0.2) is 6.10 Å². The Kier molecular flexibility index (Phi) is 3.72. The number of benzene rings is 1. The Balaban J connectivity index is 2.05. The van der Waals surface area contributed by atoms with Crippen LogP contribution in [-0.2, 0) is 11.2 Å². The highest BCUT2D eigenvalue weighted by Crippen LogP contribution is 2.30. The van der Waals surface area contributed by atoms with Gasteiger partial charge in [0.25, 0.3) is 5.91 Å². The van der Waals surface area contributed by atoms with E-state index >= 15 is 0 Å². The monoisotopic (exact) mass is 268 g/mol. The van der Waals surface area contributed by atoms with E-state index in [4.69, 9.17) is 16.3 Å². The van der Waals surface area contributed by atoms with Gasteiger partial charge in [0, 0.05) is 6.54 Å². The van der Waals surface area contributed by atoms with E-state index in [1.807, 2.05) is 18.2 Å². The average molecular weight is 269 g/mol. The van der Waals surface area contributed by atoms with Crippen molar-refractivity contribution in [3.8, 4) is 5.75 Å². The third kappa shape index (κ3) is 2.92. The van der Waals surface area contributed by atoms with Crippen molar-refractivity contribution in [1.29, 1.82) is 0 Å². The Hall–Kier alpha value is -1.75. The van der Waals surface area contributed by atoms with Crippen molar-refractivity contribution >= 4 is 28.6 Å². The maximum atomic E-state index is 11.5. The fraction of sp³-hybridized carbons (Fsp3) is 0.333. The summed E-state index contributed by atoms with van der Waals surface area (Å²) in [5.41, 5.74) is 1.64. The number of ether oxygens (including phenoxy) is 1. The molecule has 0 radical (unpaired) electrons. The van der Waals surface area contributed by atoms with Crippen LogP contribution in [0.5, 0.6) is 5.75 Å². The molecule has 1 atom stereocenters. The second kappa shape index (κ2) is 5.27. The average Bonchev–Trinajstić information content (AvgIpc) is 2.30. The maximum Gasteiger partial charge on any atom is 0.313 e. The molecular weight excluding hydrogens is 256 g/mol. The van der Waals surface area contributed by atoms with Gasteiger partial charge in [0.05, 0.1) is 5.69 Å². The number of halogens is 1. The molecule has 18 heavy (non-hydrogen) atoms. The number of amides is 2.